The molecule has 0 aromatic heterocycles. The lowest BCUT2D eigenvalue weighted by Gasteiger charge is -2.20. The molecule has 0 heterocycles. The maximum atomic E-state index is 2.40. The predicted molar refractivity (Wildman–Crippen MR) is 65.7 cm³/mol. The Kier molecular flexibility index (Phi) is 4.28. The Morgan fingerprint density at radius 2 is 2.14 bits per heavy atom. The van der Waals surface area contributed by atoms with Crippen LogP contribution in [0.15, 0.2) is 11.0 Å². The first-order chi connectivity index (χ1) is 6.61. The molecule has 0 amide bonds. The molecule has 1 heteroatoms. The van der Waals surface area contributed by atoms with Crippen molar-refractivity contribution in [1.82, 2.24) is 0 Å². The van der Waals surface area contributed by atoms with Gasteiger partial charge in [-0.05, 0) is 30.6 Å². The van der Waals surface area contributed by atoms with Crippen LogP contribution in [0.5, 0.6) is 0 Å². The summed E-state index contributed by atoms with van der Waals surface area (Å²) < 4.78 is 0. The van der Waals surface area contributed by atoms with E-state index in [0.29, 0.717) is 0 Å². The lowest BCUT2D eigenvalue weighted by atomic mass is 9.63. The third-order valence-corrected chi connectivity index (χ3v) is 4.10. The smallest absolute Gasteiger partial charge is 0.107 e. The predicted octanol–water partition coefficient (Wildman–Crippen LogP) is 4.10. The van der Waals surface area contributed by atoms with E-state index in [4.69, 9.17) is 0 Å². The van der Waals surface area contributed by atoms with Gasteiger partial charge in [0.15, 0.2) is 0 Å². The Morgan fingerprint density at radius 3 is 2.50 bits per heavy atom. The molecule has 3 unspecified atom stereocenters. The highest BCUT2D eigenvalue weighted by Gasteiger charge is 2.27. The normalized spacial score (nSPS) is 32.9. The minimum Gasteiger partial charge on any atom is -0.107 e. The maximum absolute atomic E-state index is 2.40. The molecule has 1 radical (unpaired) electrons. The molecule has 0 aromatic carbocycles. The Labute approximate surface area is 90.4 Å². The van der Waals surface area contributed by atoms with E-state index in [0.717, 1.165) is 17.8 Å². The van der Waals surface area contributed by atoms with Gasteiger partial charge in [-0.2, -0.15) is 0 Å². The van der Waals surface area contributed by atoms with Crippen molar-refractivity contribution in [3.63, 3.8) is 0 Å². The topological polar surface area (TPSA) is 0 Å². The molecule has 0 bridgehead atoms. The van der Waals surface area contributed by atoms with Gasteiger partial charge in [0, 0.05) is 0 Å². The molecule has 0 spiro atoms. The van der Waals surface area contributed by atoms with E-state index in [2.05, 4.69) is 41.8 Å². The molecule has 0 aromatic rings. The molecule has 0 nitrogen and oxygen atoms in total. The molecule has 3 atom stereocenters. The minimum absolute atomic E-state index is 0.753. The van der Waals surface area contributed by atoms with Crippen molar-refractivity contribution in [1.29, 1.82) is 0 Å². The van der Waals surface area contributed by atoms with Crippen molar-refractivity contribution < 1.29 is 0 Å². The SMILES string of the molecule is C[B]C(=C1CCC(C)C1C)C(C)CC. The molecule has 1 fully saturated rings. The van der Waals surface area contributed by atoms with Crippen LogP contribution in [-0.2, 0) is 0 Å². The first kappa shape index (κ1) is 11.9. The van der Waals surface area contributed by atoms with Gasteiger partial charge in [0.2, 0.25) is 0 Å². The van der Waals surface area contributed by atoms with E-state index in [1.165, 1.54) is 19.3 Å². The summed E-state index contributed by atoms with van der Waals surface area (Å²) >= 11 is 0. The summed E-state index contributed by atoms with van der Waals surface area (Å²) in [6, 6.07) is 0. The Bertz CT molecular complexity index is 217. The van der Waals surface area contributed by atoms with Crippen molar-refractivity contribution in [2.45, 2.75) is 53.8 Å². The third-order valence-electron chi connectivity index (χ3n) is 4.10. The second-order valence-corrected chi connectivity index (χ2v) is 4.88. The molecular weight excluding hydrogens is 167 g/mol. The number of hydrogen-bond donors (Lipinski definition) is 0. The second kappa shape index (κ2) is 5.05. The van der Waals surface area contributed by atoms with E-state index in [9.17, 15) is 0 Å². The van der Waals surface area contributed by atoms with Gasteiger partial charge in [-0.25, -0.2) is 0 Å². The van der Waals surface area contributed by atoms with Crippen LogP contribution < -0.4 is 0 Å². The van der Waals surface area contributed by atoms with Crippen LogP contribution in [-0.4, -0.2) is 7.28 Å². The van der Waals surface area contributed by atoms with Crippen LogP contribution in [0.25, 0.3) is 0 Å². The molecule has 1 aliphatic rings. The summed E-state index contributed by atoms with van der Waals surface area (Å²) in [4.78, 5) is 0. The summed E-state index contributed by atoms with van der Waals surface area (Å²) in [5.41, 5.74) is 3.39. The summed E-state index contributed by atoms with van der Waals surface area (Å²) in [5.74, 6) is 2.46. The first-order valence-electron chi connectivity index (χ1n) is 6.14. The molecule has 79 valence electrons. The van der Waals surface area contributed by atoms with Crippen molar-refractivity contribution in [2.24, 2.45) is 17.8 Å². The lowest BCUT2D eigenvalue weighted by Crippen LogP contribution is -2.10. The van der Waals surface area contributed by atoms with Gasteiger partial charge in [0.05, 0.1) is 0 Å². The molecule has 1 aliphatic carbocycles. The monoisotopic (exact) mass is 191 g/mol. The molecule has 14 heavy (non-hydrogen) atoms. The van der Waals surface area contributed by atoms with E-state index in [1.807, 2.05) is 0 Å². The maximum Gasteiger partial charge on any atom is 0.142 e. The Morgan fingerprint density at radius 1 is 1.50 bits per heavy atom. The van der Waals surface area contributed by atoms with Gasteiger partial charge in [-0.1, -0.05) is 46.5 Å². The van der Waals surface area contributed by atoms with E-state index in [1.54, 1.807) is 11.0 Å². The molecular formula is C13H24B. The number of hydrogen-bond acceptors (Lipinski definition) is 0. The van der Waals surface area contributed by atoms with Gasteiger partial charge >= 0.3 is 0 Å². The molecule has 0 aliphatic heterocycles. The summed E-state index contributed by atoms with van der Waals surface area (Å²) in [5, 5.41) is 0. The van der Waals surface area contributed by atoms with E-state index < -0.39 is 0 Å². The highest BCUT2D eigenvalue weighted by molar-refractivity contribution is 6.44. The van der Waals surface area contributed by atoms with Crippen LogP contribution in [0.1, 0.15) is 47.0 Å². The number of rotatable bonds is 3. The Hall–Kier alpha value is -0.195. The molecule has 0 N–H and O–H groups in total. The molecule has 1 rings (SSSR count). The fourth-order valence-electron chi connectivity index (χ4n) is 2.62. The molecule has 1 saturated carbocycles. The highest BCUT2D eigenvalue weighted by atomic mass is 14.3. The standard InChI is InChI=1S/C13H24B/c1-6-9(2)13(14-5)12-8-7-10(3)11(12)4/h9-11H,6-8H2,1-5H3. The lowest BCUT2D eigenvalue weighted by molar-refractivity contribution is 0.490. The summed E-state index contributed by atoms with van der Waals surface area (Å²) in [6.07, 6.45) is 4.00. The van der Waals surface area contributed by atoms with Gasteiger partial charge in [0.25, 0.3) is 0 Å². The zero-order valence-corrected chi connectivity index (χ0v) is 10.4. The zero-order valence-electron chi connectivity index (χ0n) is 10.4. The molecule has 0 saturated heterocycles. The van der Waals surface area contributed by atoms with Crippen LogP contribution in [0.4, 0.5) is 0 Å². The highest BCUT2D eigenvalue weighted by Crippen LogP contribution is 2.39. The zero-order chi connectivity index (χ0) is 10.7. The van der Waals surface area contributed by atoms with Crippen LogP contribution >= 0.6 is 0 Å². The van der Waals surface area contributed by atoms with Gasteiger partial charge in [-0.3, -0.25) is 0 Å². The third kappa shape index (κ3) is 2.24. The van der Waals surface area contributed by atoms with Crippen molar-refractivity contribution >= 4 is 7.28 Å². The average molecular weight is 191 g/mol. The fourth-order valence-corrected chi connectivity index (χ4v) is 2.62. The van der Waals surface area contributed by atoms with Crippen molar-refractivity contribution in [2.75, 3.05) is 0 Å². The van der Waals surface area contributed by atoms with E-state index >= 15 is 0 Å². The minimum atomic E-state index is 0.753. The van der Waals surface area contributed by atoms with Crippen LogP contribution in [0.3, 0.4) is 0 Å². The van der Waals surface area contributed by atoms with Crippen molar-refractivity contribution in [3.05, 3.63) is 11.0 Å². The Balaban J connectivity index is 2.88. The number of allylic oxidation sites excluding steroid dienone is 2. The van der Waals surface area contributed by atoms with E-state index in [-0.39, 0.29) is 0 Å². The van der Waals surface area contributed by atoms with Gasteiger partial charge in [0.1, 0.15) is 7.28 Å². The summed E-state index contributed by atoms with van der Waals surface area (Å²) in [6.45, 7) is 11.6. The van der Waals surface area contributed by atoms with Crippen LogP contribution in [0, 0.1) is 17.8 Å². The quantitative estimate of drug-likeness (QED) is 0.589. The first-order valence-corrected chi connectivity index (χ1v) is 6.14. The van der Waals surface area contributed by atoms with Crippen LogP contribution in [0.2, 0.25) is 6.82 Å². The van der Waals surface area contributed by atoms with Gasteiger partial charge in [-0.15, -0.1) is 5.47 Å². The summed E-state index contributed by atoms with van der Waals surface area (Å²) in [7, 11) is 2.35. The largest absolute Gasteiger partial charge is 0.142 e. The average Bonchev–Trinajstić information content (AvgIpc) is 2.50. The van der Waals surface area contributed by atoms with Gasteiger partial charge < -0.3 is 0 Å². The second-order valence-electron chi connectivity index (χ2n) is 4.88. The fraction of sp³-hybridized carbons (Fsp3) is 0.846. The van der Waals surface area contributed by atoms with Crippen molar-refractivity contribution in [3.8, 4) is 0 Å².